The van der Waals surface area contributed by atoms with Crippen molar-refractivity contribution in [1.29, 1.82) is 0 Å². The number of hydrogen-bond acceptors (Lipinski definition) is 3. The molecule has 0 spiro atoms. The summed E-state index contributed by atoms with van der Waals surface area (Å²) < 4.78 is 0. The van der Waals surface area contributed by atoms with Gasteiger partial charge in [0.25, 0.3) is 5.91 Å². The van der Waals surface area contributed by atoms with Crippen LogP contribution in [0.25, 0.3) is 6.08 Å². The molecule has 1 saturated heterocycles. The van der Waals surface area contributed by atoms with Crippen molar-refractivity contribution in [2.24, 2.45) is 0 Å². The molecule has 0 atom stereocenters. The Morgan fingerprint density at radius 1 is 1.16 bits per heavy atom. The highest BCUT2D eigenvalue weighted by atomic mass is 16.3. The van der Waals surface area contributed by atoms with Gasteiger partial charge in [-0.05, 0) is 11.6 Å². The molecular weight excluding hydrogens is 242 g/mol. The smallest absolute Gasteiger partial charge is 0.259 e. The minimum atomic E-state index is -0.529. The normalized spacial score (nSPS) is 18.3. The number of Topliss-reactive ketones (excluding diaryl/α,β-unsaturated/α-hetero) is 1. The third-order valence-electron chi connectivity index (χ3n) is 2.62. The highest BCUT2D eigenvalue weighted by Gasteiger charge is 2.28. The van der Waals surface area contributed by atoms with Crippen LogP contribution in [0.1, 0.15) is 5.56 Å². The number of hydrogen-bond donors (Lipinski definition) is 2. The lowest BCUT2D eigenvalue weighted by atomic mass is 10.1. The van der Waals surface area contributed by atoms with E-state index < -0.39 is 5.91 Å². The lowest BCUT2D eigenvalue weighted by Crippen LogP contribution is -2.14. The van der Waals surface area contributed by atoms with Gasteiger partial charge in [-0.3, -0.25) is 9.59 Å². The number of rotatable bonds is 3. The summed E-state index contributed by atoms with van der Waals surface area (Å²) in [6, 6.07) is 9.65. The number of benzene rings is 1. The number of aliphatic hydroxyl groups excluding tert-OH is 1. The summed E-state index contributed by atoms with van der Waals surface area (Å²) in [6.07, 6.45) is 6.49. The average Bonchev–Trinajstić information content (AvgIpc) is 2.75. The van der Waals surface area contributed by atoms with Gasteiger partial charge in [0.2, 0.25) is 0 Å². The van der Waals surface area contributed by atoms with Crippen LogP contribution in [-0.2, 0) is 9.59 Å². The minimum Gasteiger partial charge on any atom is -0.507 e. The molecule has 1 aromatic carbocycles. The highest BCUT2D eigenvalue weighted by Crippen LogP contribution is 2.10. The number of amides is 1. The first-order valence-corrected chi connectivity index (χ1v) is 5.83. The molecule has 0 aromatic heterocycles. The van der Waals surface area contributed by atoms with E-state index in [1.54, 1.807) is 12.2 Å². The predicted octanol–water partition coefficient (Wildman–Crippen LogP) is 1.77. The zero-order valence-corrected chi connectivity index (χ0v) is 10.2. The van der Waals surface area contributed by atoms with Crippen molar-refractivity contribution in [2.75, 3.05) is 6.54 Å². The lowest BCUT2D eigenvalue weighted by Gasteiger charge is -1.94. The summed E-state index contributed by atoms with van der Waals surface area (Å²) in [5.74, 6) is -1.23. The summed E-state index contributed by atoms with van der Waals surface area (Å²) in [6.45, 7) is -0.0497. The molecule has 0 unspecified atom stereocenters. The van der Waals surface area contributed by atoms with Crippen LogP contribution in [-0.4, -0.2) is 23.3 Å². The summed E-state index contributed by atoms with van der Waals surface area (Å²) in [5.41, 5.74) is 0.846. The molecule has 1 aliphatic rings. The van der Waals surface area contributed by atoms with Gasteiger partial charge in [-0.1, -0.05) is 48.6 Å². The molecule has 0 bridgehead atoms. The van der Waals surface area contributed by atoms with Gasteiger partial charge in [0.15, 0.2) is 5.78 Å². The number of aliphatic hydroxyl groups is 1. The molecule has 1 fully saturated rings. The molecule has 0 saturated carbocycles. The SMILES string of the molecule is O=C1CNC(=O)C1=C(O)/C=C/C=C/c1ccccc1. The first-order valence-electron chi connectivity index (χ1n) is 5.83. The third-order valence-corrected chi connectivity index (χ3v) is 2.62. The van der Waals surface area contributed by atoms with Crippen molar-refractivity contribution in [3.05, 3.63) is 65.5 Å². The van der Waals surface area contributed by atoms with Gasteiger partial charge in [-0.25, -0.2) is 0 Å². The summed E-state index contributed by atoms with van der Waals surface area (Å²) in [7, 11) is 0. The molecule has 4 nitrogen and oxygen atoms in total. The fourth-order valence-corrected chi connectivity index (χ4v) is 1.68. The average molecular weight is 255 g/mol. The molecule has 0 radical (unpaired) electrons. The van der Waals surface area contributed by atoms with E-state index in [1.807, 2.05) is 36.4 Å². The molecule has 96 valence electrons. The highest BCUT2D eigenvalue weighted by molar-refractivity contribution is 6.25. The first-order chi connectivity index (χ1) is 9.18. The predicted molar refractivity (Wildman–Crippen MR) is 72.3 cm³/mol. The van der Waals surface area contributed by atoms with Crippen LogP contribution in [0.3, 0.4) is 0 Å². The lowest BCUT2D eigenvalue weighted by molar-refractivity contribution is -0.117. The van der Waals surface area contributed by atoms with Gasteiger partial charge >= 0.3 is 0 Å². The maximum atomic E-state index is 11.3. The Morgan fingerprint density at radius 2 is 1.89 bits per heavy atom. The van der Waals surface area contributed by atoms with Crippen LogP contribution in [0, 0.1) is 0 Å². The summed E-state index contributed by atoms with van der Waals surface area (Å²) in [4.78, 5) is 22.6. The Balaban J connectivity index is 2.07. The van der Waals surface area contributed by atoms with Crippen molar-refractivity contribution < 1.29 is 14.7 Å². The Kier molecular flexibility index (Phi) is 3.93. The second-order valence-corrected chi connectivity index (χ2v) is 4.00. The number of ketones is 1. The van der Waals surface area contributed by atoms with Crippen LogP contribution in [0.5, 0.6) is 0 Å². The van der Waals surface area contributed by atoms with E-state index in [9.17, 15) is 14.7 Å². The van der Waals surface area contributed by atoms with Gasteiger partial charge in [-0.15, -0.1) is 0 Å². The van der Waals surface area contributed by atoms with Gasteiger partial charge in [0, 0.05) is 0 Å². The van der Waals surface area contributed by atoms with Gasteiger partial charge in [0.1, 0.15) is 11.3 Å². The number of allylic oxidation sites excluding steroid dienone is 3. The van der Waals surface area contributed by atoms with Crippen molar-refractivity contribution in [3.63, 3.8) is 0 Å². The Bertz CT molecular complexity index is 565. The standard InChI is InChI=1S/C15H13NO3/c17-12(14-13(18)10-16-15(14)19)9-5-4-8-11-6-2-1-3-7-11/h1-9,17H,10H2,(H,16,19)/b8-4+,9-5+,14-12?. The van der Waals surface area contributed by atoms with E-state index in [2.05, 4.69) is 5.32 Å². The quantitative estimate of drug-likeness (QED) is 0.374. The van der Waals surface area contributed by atoms with E-state index in [0.29, 0.717) is 0 Å². The number of carbonyl (C=O) groups is 2. The van der Waals surface area contributed by atoms with E-state index in [0.717, 1.165) is 5.56 Å². The Hall–Kier alpha value is -2.62. The molecule has 2 rings (SSSR count). The second kappa shape index (κ2) is 5.82. The Labute approximate surface area is 110 Å². The molecule has 1 aliphatic heterocycles. The van der Waals surface area contributed by atoms with Crippen LogP contribution in [0.4, 0.5) is 0 Å². The number of carbonyl (C=O) groups excluding carboxylic acids is 2. The van der Waals surface area contributed by atoms with Crippen LogP contribution in [0.15, 0.2) is 59.9 Å². The second-order valence-electron chi connectivity index (χ2n) is 4.00. The van der Waals surface area contributed by atoms with E-state index in [4.69, 9.17) is 0 Å². The van der Waals surface area contributed by atoms with Gasteiger partial charge < -0.3 is 10.4 Å². The fourth-order valence-electron chi connectivity index (χ4n) is 1.68. The van der Waals surface area contributed by atoms with Gasteiger partial charge in [-0.2, -0.15) is 0 Å². The Morgan fingerprint density at radius 3 is 2.53 bits per heavy atom. The molecule has 0 aliphatic carbocycles. The summed E-state index contributed by atoms with van der Waals surface area (Å²) >= 11 is 0. The zero-order valence-electron chi connectivity index (χ0n) is 10.2. The van der Waals surface area contributed by atoms with Crippen molar-refractivity contribution >= 4 is 17.8 Å². The summed E-state index contributed by atoms with van der Waals surface area (Å²) in [5, 5.41) is 12.0. The van der Waals surface area contributed by atoms with E-state index in [-0.39, 0.29) is 23.7 Å². The molecule has 1 aromatic rings. The maximum absolute atomic E-state index is 11.3. The monoisotopic (exact) mass is 255 g/mol. The molecule has 4 heteroatoms. The first kappa shape index (κ1) is 12.8. The van der Waals surface area contributed by atoms with E-state index >= 15 is 0 Å². The largest absolute Gasteiger partial charge is 0.507 e. The van der Waals surface area contributed by atoms with Crippen LogP contribution < -0.4 is 5.32 Å². The van der Waals surface area contributed by atoms with E-state index in [1.165, 1.54) is 6.08 Å². The fraction of sp³-hybridized carbons (Fsp3) is 0.0667. The molecule has 19 heavy (non-hydrogen) atoms. The third kappa shape index (κ3) is 3.19. The maximum Gasteiger partial charge on any atom is 0.259 e. The molecule has 2 N–H and O–H groups in total. The van der Waals surface area contributed by atoms with Gasteiger partial charge in [0.05, 0.1) is 6.54 Å². The van der Waals surface area contributed by atoms with Crippen LogP contribution >= 0.6 is 0 Å². The minimum absolute atomic E-state index is 0.0497. The van der Waals surface area contributed by atoms with Crippen molar-refractivity contribution in [1.82, 2.24) is 5.32 Å². The topological polar surface area (TPSA) is 66.4 Å². The van der Waals surface area contributed by atoms with Crippen LogP contribution in [0.2, 0.25) is 0 Å². The molecule has 1 heterocycles. The van der Waals surface area contributed by atoms with Crippen molar-refractivity contribution in [3.8, 4) is 0 Å². The molecular formula is C15H13NO3. The van der Waals surface area contributed by atoms with Crippen molar-refractivity contribution in [2.45, 2.75) is 0 Å². The molecule has 1 amide bonds. The zero-order chi connectivity index (χ0) is 13.7. The number of nitrogens with one attached hydrogen (secondary N) is 1.